The topological polar surface area (TPSA) is 171 Å². The number of ether oxygens (including phenoxy) is 1. The van der Waals surface area contributed by atoms with Crippen LogP contribution in [0.2, 0.25) is 0 Å². The Bertz CT molecular complexity index is 1290. The number of likely N-dealkylation sites (N-methyl/N-ethyl adjacent to an activating group) is 1. The standard InChI is InChI=1S/C28H34N2O8/c1-12(2)15-4-5-18(31)20-16(15)10-13-11-17-22(30(3)14-6-8-38-9-7-14)24(33)21(27(29)36)26(35)28(17,37)25(34)19(13)23(20)32/h4-5,12-14,17,22,31-32,35,37H,6-11H2,1-3H3,(H2,29,36). The fraction of sp³-hybridized carbons (Fsp3) is 0.536. The van der Waals surface area contributed by atoms with Gasteiger partial charge < -0.3 is 30.9 Å². The van der Waals surface area contributed by atoms with Crippen LogP contribution >= 0.6 is 0 Å². The van der Waals surface area contributed by atoms with E-state index >= 15 is 0 Å². The molecule has 3 aliphatic carbocycles. The molecule has 1 heterocycles. The number of aliphatic hydroxyl groups excluding tert-OH is 2. The quantitative estimate of drug-likeness (QED) is 0.366. The van der Waals surface area contributed by atoms with E-state index in [1.165, 1.54) is 6.07 Å². The fourth-order valence-corrected chi connectivity index (χ4v) is 7.00. The highest BCUT2D eigenvalue weighted by Gasteiger charge is 2.64. The van der Waals surface area contributed by atoms with E-state index in [4.69, 9.17) is 10.5 Å². The van der Waals surface area contributed by atoms with Crippen molar-refractivity contribution in [3.8, 4) is 5.75 Å². The molecule has 1 saturated heterocycles. The molecule has 204 valence electrons. The van der Waals surface area contributed by atoms with E-state index in [9.17, 15) is 34.8 Å². The summed E-state index contributed by atoms with van der Waals surface area (Å²) in [6.07, 6.45) is 1.60. The number of benzene rings is 1. The van der Waals surface area contributed by atoms with E-state index in [0.717, 1.165) is 5.56 Å². The van der Waals surface area contributed by atoms with Crippen molar-refractivity contribution in [2.45, 2.75) is 63.1 Å². The molecule has 4 unspecified atom stereocenters. The van der Waals surface area contributed by atoms with E-state index in [1.807, 2.05) is 13.8 Å². The zero-order chi connectivity index (χ0) is 27.7. The minimum atomic E-state index is -2.65. The Morgan fingerprint density at radius 1 is 1.16 bits per heavy atom. The highest BCUT2D eigenvalue weighted by Crippen LogP contribution is 2.53. The maximum absolute atomic E-state index is 14.1. The lowest BCUT2D eigenvalue weighted by Crippen LogP contribution is -2.67. The molecule has 1 aromatic rings. The zero-order valence-electron chi connectivity index (χ0n) is 21.7. The summed E-state index contributed by atoms with van der Waals surface area (Å²) in [5.74, 6) is -6.33. The summed E-state index contributed by atoms with van der Waals surface area (Å²) in [5.41, 5.74) is 3.62. The SMILES string of the molecule is CC(C)c1ccc(O)c2c1CC1CC3C(N(C)C4CCOCC4)C(=O)C(C(N)=O)=C(O)C3(O)C(=O)C1=C2O. The van der Waals surface area contributed by atoms with Crippen molar-refractivity contribution in [1.29, 1.82) is 0 Å². The first-order valence-electron chi connectivity index (χ1n) is 13.0. The van der Waals surface area contributed by atoms with Crippen LogP contribution in [0.15, 0.2) is 29.0 Å². The maximum Gasteiger partial charge on any atom is 0.255 e. The molecule has 6 N–H and O–H groups in total. The van der Waals surface area contributed by atoms with Gasteiger partial charge in [0.15, 0.2) is 11.4 Å². The lowest BCUT2D eigenvalue weighted by molar-refractivity contribution is -0.156. The number of hydrogen-bond acceptors (Lipinski definition) is 9. The number of carbonyl (C=O) groups is 3. The molecule has 1 aromatic carbocycles. The average molecular weight is 527 g/mol. The number of hydrogen-bond donors (Lipinski definition) is 5. The van der Waals surface area contributed by atoms with E-state index < -0.39 is 58.0 Å². The van der Waals surface area contributed by atoms with Crippen molar-refractivity contribution in [3.63, 3.8) is 0 Å². The second kappa shape index (κ2) is 9.21. The van der Waals surface area contributed by atoms with Gasteiger partial charge in [-0.1, -0.05) is 19.9 Å². The molecule has 10 heteroatoms. The number of amides is 1. The number of nitrogens with two attached hydrogens (primary N) is 1. The van der Waals surface area contributed by atoms with Crippen LogP contribution in [0.5, 0.6) is 5.75 Å². The van der Waals surface area contributed by atoms with Gasteiger partial charge in [-0.2, -0.15) is 0 Å². The summed E-state index contributed by atoms with van der Waals surface area (Å²) >= 11 is 0. The van der Waals surface area contributed by atoms with E-state index in [-0.39, 0.29) is 35.3 Å². The molecule has 0 spiro atoms. The second-order valence-electron chi connectivity index (χ2n) is 11.2. The first-order chi connectivity index (χ1) is 17.9. The van der Waals surface area contributed by atoms with E-state index in [1.54, 1.807) is 18.0 Å². The number of ketones is 2. The molecule has 1 aliphatic heterocycles. The molecule has 2 fully saturated rings. The Kier molecular flexibility index (Phi) is 6.40. The number of fused-ring (bicyclic) bond motifs is 3. The minimum absolute atomic E-state index is 0.0729. The third kappa shape index (κ3) is 3.61. The summed E-state index contributed by atoms with van der Waals surface area (Å²) in [6, 6.07) is 2.02. The summed E-state index contributed by atoms with van der Waals surface area (Å²) in [4.78, 5) is 41.8. The van der Waals surface area contributed by atoms with Crippen molar-refractivity contribution in [3.05, 3.63) is 45.7 Å². The summed E-state index contributed by atoms with van der Waals surface area (Å²) in [6.45, 7) is 4.94. The summed E-state index contributed by atoms with van der Waals surface area (Å²) in [5, 5.41) is 44.9. The van der Waals surface area contributed by atoms with Gasteiger partial charge in [-0.15, -0.1) is 0 Å². The smallest absolute Gasteiger partial charge is 0.255 e. The van der Waals surface area contributed by atoms with Crippen LogP contribution in [-0.2, 0) is 25.5 Å². The number of aromatic hydroxyl groups is 1. The van der Waals surface area contributed by atoms with Crippen molar-refractivity contribution in [2.24, 2.45) is 17.6 Å². The van der Waals surface area contributed by atoms with Crippen LogP contribution in [0.4, 0.5) is 0 Å². The minimum Gasteiger partial charge on any atom is -0.508 e. The van der Waals surface area contributed by atoms with Crippen LogP contribution in [0.1, 0.15) is 55.7 Å². The third-order valence-corrected chi connectivity index (χ3v) is 8.91. The third-order valence-electron chi connectivity index (χ3n) is 8.91. The molecule has 1 saturated carbocycles. The molecule has 38 heavy (non-hydrogen) atoms. The number of phenolic OH excluding ortho intramolecular Hbond substituents is 1. The van der Waals surface area contributed by atoms with E-state index in [2.05, 4.69) is 0 Å². The molecular formula is C28H34N2O8. The zero-order valence-corrected chi connectivity index (χ0v) is 21.7. The number of Topliss-reactive ketones (excluding diaryl/α,β-unsaturated/α-hetero) is 2. The summed E-state index contributed by atoms with van der Waals surface area (Å²) < 4.78 is 5.45. The Morgan fingerprint density at radius 2 is 1.82 bits per heavy atom. The van der Waals surface area contributed by atoms with Gasteiger partial charge in [-0.25, -0.2) is 0 Å². The number of carbonyl (C=O) groups excluding carboxylic acids is 3. The van der Waals surface area contributed by atoms with Gasteiger partial charge in [-0.3, -0.25) is 19.3 Å². The van der Waals surface area contributed by atoms with Crippen LogP contribution in [-0.4, -0.2) is 80.7 Å². The normalized spacial score (nSPS) is 30.0. The first kappa shape index (κ1) is 26.4. The second-order valence-corrected chi connectivity index (χ2v) is 11.2. The predicted molar refractivity (Wildman–Crippen MR) is 136 cm³/mol. The fourth-order valence-electron chi connectivity index (χ4n) is 7.00. The number of nitrogens with zero attached hydrogens (tertiary/aromatic N) is 1. The highest BCUT2D eigenvalue weighted by atomic mass is 16.5. The summed E-state index contributed by atoms with van der Waals surface area (Å²) in [7, 11) is 1.71. The number of aliphatic hydroxyl groups is 3. The number of rotatable bonds is 4. The largest absolute Gasteiger partial charge is 0.508 e. The molecule has 5 rings (SSSR count). The van der Waals surface area contributed by atoms with Crippen LogP contribution < -0.4 is 5.73 Å². The van der Waals surface area contributed by atoms with Crippen molar-refractivity contribution in [1.82, 2.24) is 4.90 Å². The van der Waals surface area contributed by atoms with Crippen LogP contribution in [0.3, 0.4) is 0 Å². The Morgan fingerprint density at radius 3 is 2.42 bits per heavy atom. The lowest BCUT2D eigenvalue weighted by atomic mass is 9.57. The molecule has 0 aromatic heterocycles. The Hall–Kier alpha value is -3.21. The van der Waals surface area contributed by atoms with Crippen LogP contribution in [0, 0.1) is 11.8 Å². The number of phenols is 1. The van der Waals surface area contributed by atoms with Gasteiger partial charge in [0.05, 0.1) is 11.6 Å². The molecule has 0 radical (unpaired) electrons. The van der Waals surface area contributed by atoms with Gasteiger partial charge in [-0.05, 0) is 61.8 Å². The van der Waals surface area contributed by atoms with Gasteiger partial charge in [0.2, 0.25) is 5.78 Å². The average Bonchev–Trinajstić information content (AvgIpc) is 2.86. The van der Waals surface area contributed by atoms with Crippen molar-refractivity contribution >= 4 is 23.2 Å². The lowest BCUT2D eigenvalue weighted by Gasteiger charge is -2.52. The van der Waals surface area contributed by atoms with Gasteiger partial charge in [0.25, 0.3) is 5.91 Å². The highest BCUT2D eigenvalue weighted by molar-refractivity contribution is 6.24. The van der Waals surface area contributed by atoms with E-state index in [0.29, 0.717) is 38.0 Å². The van der Waals surface area contributed by atoms with Crippen LogP contribution in [0.25, 0.3) is 5.76 Å². The molecule has 1 amide bonds. The monoisotopic (exact) mass is 526 g/mol. The molecular weight excluding hydrogens is 492 g/mol. The van der Waals surface area contributed by atoms with Gasteiger partial charge in [0.1, 0.15) is 22.8 Å². The molecule has 10 nitrogen and oxygen atoms in total. The maximum atomic E-state index is 14.1. The predicted octanol–water partition coefficient (Wildman–Crippen LogP) is 1.64. The van der Waals surface area contributed by atoms with Gasteiger partial charge in [0, 0.05) is 30.7 Å². The first-order valence-corrected chi connectivity index (χ1v) is 13.0. The number of primary amides is 1. The molecule has 4 atom stereocenters. The Labute approximate surface area is 220 Å². The van der Waals surface area contributed by atoms with Gasteiger partial charge >= 0.3 is 0 Å². The van der Waals surface area contributed by atoms with Crippen molar-refractivity contribution < 1.29 is 39.5 Å². The van der Waals surface area contributed by atoms with Crippen molar-refractivity contribution in [2.75, 3.05) is 20.3 Å². The molecule has 0 bridgehead atoms. The Balaban J connectivity index is 1.70. The molecule has 4 aliphatic rings.